The van der Waals surface area contributed by atoms with Crippen molar-refractivity contribution < 1.29 is 17.7 Å². The van der Waals surface area contributed by atoms with E-state index >= 15 is 0 Å². The Kier molecular flexibility index (Phi) is 7.43. The molecule has 4 aromatic heterocycles. The van der Waals surface area contributed by atoms with E-state index in [1.54, 1.807) is 0 Å². The molecule has 10 aromatic carbocycles. The zero-order valence-corrected chi connectivity index (χ0v) is 39.5. The average Bonchev–Trinajstić information content (AvgIpc) is 4.25. The molecule has 0 amide bonds. The largest absolute Gasteiger partial charge is 0.455 e. The fourth-order valence-corrected chi connectivity index (χ4v) is 12.9. The van der Waals surface area contributed by atoms with Crippen LogP contribution in [0.1, 0.15) is 49.9 Å². The lowest BCUT2D eigenvalue weighted by Crippen LogP contribution is -2.18. The lowest BCUT2D eigenvalue weighted by molar-refractivity contribution is 0.650. The zero-order valence-electron chi connectivity index (χ0n) is 39.5. The summed E-state index contributed by atoms with van der Waals surface area (Å²) in [5.41, 5.74) is 20.5. The number of hydrogen-bond donors (Lipinski definition) is 0. The minimum Gasteiger partial charge on any atom is -0.455 e. The van der Waals surface area contributed by atoms with E-state index in [9.17, 15) is 0 Å². The van der Waals surface area contributed by atoms with E-state index in [0.29, 0.717) is 0 Å². The molecule has 0 saturated carbocycles. The van der Waals surface area contributed by atoms with Crippen molar-refractivity contribution in [2.24, 2.45) is 0 Å². The van der Waals surface area contributed by atoms with Gasteiger partial charge < -0.3 is 22.6 Å². The van der Waals surface area contributed by atoms with Gasteiger partial charge in [0.25, 0.3) is 0 Å². The van der Waals surface area contributed by atoms with Gasteiger partial charge in [0.2, 0.25) is 0 Å². The summed E-state index contributed by atoms with van der Waals surface area (Å²) in [5.74, 6) is 0. The van der Waals surface area contributed by atoms with E-state index in [4.69, 9.17) is 17.7 Å². The van der Waals surface area contributed by atoms with Gasteiger partial charge in [0.1, 0.15) is 33.5 Å². The van der Waals surface area contributed by atoms with Crippen LogP contribution in [0.15, 0.2) is 206 Å². The van der Waals surface area contributed by atoms with Gasteiger partial charge in [0.05, 0.1) is 17.1 Å². The number of para-hydroxylation sites is 5. The first kappa shape index (κ1) is 39.1. The molecule has 5 nitrogen and oxygen atoms in total. The first-order valence-electron chi connectivity index (χ1n) is 24.6. The summed E-state index contributed by atoms with van der Waals surface area (Å²) in [6, 6.07) is 67.3. The highest BCUT2D eigenvalue weighted by Gasteiger charge is 2.44. The van der Waals surface area contributed by atoms with Crippen LogP contribution in [0.5, 0.6) is 0 Å². The van der Waals surface area contributed by atoms with Crippen LogP contribution < -0.4 is 4.90 Å². The van der Waals surface area contributed by atoms with Crippen molar-refractivity contribution in [3.05, 3.63) is 210 Å². The molecule has 0 spiro atoms. The minimum atomic E-state index is -0.419. The first-order valence-corrected chi connectivity index (χ1v) is 24.6. The predicted molar refractivity (Wildman–Crippen MR) is 291 cm³/mol. The van der Waals surface area contributed by atoms with Crippen LogP contribution in [-0.2, 0) is 10.8 Å². The van der Waals surface area contributed by atoms with Crippen LogP contribution >= 0.6 is 0 Å². The summed E-state index contributed by atoms with van der Waals surface area (Å²) in [4.78, 5) is 2.45. The summed E-state index contributed by atoms with van der Waals surface area (Å²) in [6.07, 6.45) is 0. The molecule has 5 heteroatoms. The number of hydrogen-bond acceptors (Lipinski definition) is 5. The van der Waals surface area contributed by atoms with Gasteiger partial charge in [-0.05, 0) is 70.3 Å². The molecule has 0 atom stereocenters. The molecule has 336 valence electrons. The van der Waals surface area contributed by atoms with Crippen molar-refractivity contribution in [3.8, 4) is 33.4 Å². The van der Waals surface area contributed by atoms with E-state index < -0.39 is 10.8 Å². The van der Waals surface area contributed by atoms with Gasteiger partial charge in [0, 0.05) is 81.7 Å². The van der Waals surface area contributed by atoms with Gasteiger partial charge in [0.15, 0.2) is 11.2 Å². The summed E-state index contributed by atoms with van der Waals surface area (Å²) in [5, 5.41) is 8.70. The minimum absolute atomic E-state index is 0.419. The monoisotopic (exact) mass is 913 g/mol. The van der Waals surface area contributed by atoms with Crippen LogP contribution in [0, 0.1) is 0 Å². The quantitative estimate of drug-likeness (QED) is 0.176. The number of furan rings is 4. The summed E-state index contributed by atoms with van der Waals surface area (Å²) in [7, 11) is 0. The van der Waals surface area contributed by atoms with E-state index in [1.807, 2.05) is 0 Å². The molecule has 2 aliphatic rings. The molecule has 0 fully saturated rings. The number of benzene rings is 10. The van der Waals surface area contributed by atoms with Gasteiger partial charge in [-0.15, -0.1) is 0 Å². The Morgan fingerprint density at radius 3 is 1.20 bits per heavy atom. The standard InChI is InChI=1S/C66H43NO4/c1-65(2)44-32-30-40-38-21-9-14-26-51(38)68-61(40)59(44)57-46(65)34-49(63-55(57)42-23-11-16-28-53(42)70-63)67(48-25-13-8-20-37(48)36-18-6-5-7-19-36)50-35-47-58(56-43-24-12-17-29-54(43)71-64(50)56)60-45(66(47,3)4)33-31-41-39-22-10-15-27-52(39)69-62(41)60/h5-35H,1-4H3. The normalized spacial score (nSPS) is 14.4. The second-order valence-electron chi connectivity index (χ2n) is 20.6. The fourth-order valence-electron chi connectivity index (χ4n) is 12.9. The van der Waals surface area contributed by atoms with E-state index in [-0.39, 0.29) is 0 Å². The SMILES string of the molecule is CC1(C)c2ccc3c(oc4ccccc43)c2-c2c1cc(N(c1ccccc1-c1ccccc1)c1cc3c(c4c1oc1ccccc14)-c1c(ccc4c1oc1ccccc14)C3(C)C)c1oc3ccccc3c21. The van der Waals surface area contributed by atoms with Gasteiger partial charge >= 0.3 is 0 Å². The highest BCUT2D eigenvalue weighted by atomic mass is 16.3. The third-order valence-corrected chi connectivity index (χ3v) is 16.3. The number of rotatable bonds is 4. The van der Waals surface area contributed by atoms with Crippen LogP contribution in [0.3, 0.4) is 0 Å². The highest BCUT2D eigenvalue weighted by Crippen LogP contribution is 2.62. The number of nitrogens with zero attached hydrogens (tertiary/aromatic N) is 1. The highest BCUT2D eigenvalue weighted by molar-refractivity contribution is 6.26. The number of fused-ring (bicyclic) bond motifs is 22. The van der Waals surface area contributed by atoms with Crippen molar-refractivity contribution in [3.63, 3.8) is 0 Å². The smallest absolute Gasteiger partial charge is 0.160 e. The van der Waals surface area contributed by atoms with E-state index in [2.05, 4.69) is 221 Å². The van der Waals surface area contributed by atoms with Crippen LogP contribution in [0.25, 0.3) is 121 Å². The molecule has 14 aromatic rings. The third-order valence-electron chi connectivity index (χ3n) is 16.3. The Bertz CT molecular complexity index is 4390. The Labute approximate surface area is 407 Å². The summed E-state index contributed by atoms with van der Waals surface area (Å²) < 4.78 is 28.5. The molecule has 4 heterocycles. The second-order valence-corrected chi connectivity index (χ2v) is 20.6. The molecule has 16 rings (SSSR count). The Balaban J connectivity index is 1.08. The van der Waals surface area contributed by atoms with Gasteiger partial charge in [-0.2, -0.15) is 0 Å². The van der Waals surface area contributed by atoms with Crippen molar-refractivity contribution in [2.75, 3.05) is 4.90 Å². The van der Waals surface area contributed by atoms with Crippen molar-refractivity contribution in [1.29, 1.82) is 0 Å². The number of anilines is 3. The van der Waals surface area contributed by atoms with E-state index in [0.717, 1.165) is 138 Å². The molecule has 2 aliphatic carbocycles. The molecule has 0 bridgehead atoms. The van der Waals surface area contributed by atoms with Crippen LogP contribution in [0.2, 0.25) is 0 Å². The summed E-state index contributed by atoms with van der Waals surface area (Å²) >= 11 is 0. The van der Waals surface area contributed by atoms with Gasteiger partial charge in [-0.3, -0.25) is 0 Å². The second kappa shape index (κ2) is 13.5. The predicted octanol–water partition coefficient (Wildman–Crippen LogP) is 19.0. The zero-order chi connectivity index (χ0) is 47.1. The maximum atomic E-state index is 7.35. The van der Waals surface area contributed by atoms with Crippen molar-refractivity contribution >= 4 is 105 Å². The Hall–Kier alpha value is -8.80. The topological polar surface area (TPSA) is 55.8 Å². The van der Waals surface area contributed by atoms with Gasteiger partial charge in [-0.1, -0.05) is 173 Å². The molecular weight excluding hydrogens is 871 g/mol. The lowest BCUT2D eigenvalue weighted by Gasteiger charge is -2.31. The molecular formula is C66H43NO4. The van der Waals surface area contributed by atoms with Crippen LogP contribution in [0.4, 0.5) is 17.1 Å². The molecule has 71 heavy (non-hydrogen) atoms. The average molecular weight is 914 g/mol. The molecule has 0 unspecified atom stereocenters. The van der Waals surface area contributed by atoms with Crippen molar-refractivity contribution in [2.45, 2.75) is 38.5 Å². The van der Waals surface area contributed by atoms with Crippen LogP contribution in [-0.4, -0.2) is 0 Å². The van der Waals surface area contributed by atoms with E-state index in [1.165, 1.54) is 22.3 Å². The first-order chi connectivity index (χ1) is 34.8. The fraction of sp³-hybridized carbons (Fsp3) is 0.0909. The third kappa shape index (κ3) is 4.95. The Morgan fingerprint density at radius 1 is 0.310 bits per heavy atom. The van der Waals surface area contributed by atoms with Gasteiger partial charge in [-0.25, -0.2) is 0 Å². The maximum Gasteiger partial charge on any atom is 0.160 e. The molecule has 0 aliphatic heterocycles. The molecule has 0 N–H and O–H groups in total. The maximum absolute atomic E-state index is 7.35. The van der Waals surface area contributed by atoms with Crippen molar-refractivity contribution in [1.82, 2.24) is 0 Å². The lowest BCUT2D eigenvalue weighted by atomic mass is 9.81. The molecule has 0 saturated heterocycles. The summed E-state index contributed by atoms with van der Waals surface area (Å²) in [6.45, 7) is 9.44. The Morgan fingerprint density at radius 2 is 0.704 bits per heavy atom. The molecule has 0 radical (unpaired) electrons.